The van der Waals surface area contributed by atoms with Gasteiger partial charge in [-0.05, 0) is 69.0 Å². The average molecular weight is 805 g/mol. The summed E-state index contributed by atoms with van der Waals surface area (Å²) in [5.74, 6) is -0.925. The van der Waals surface area contributed by atoms with Gasteiger partial charge < -0.3 is 46.6 Å². The number of thiazole rings is 1. The summed E-state index contributed by atoms with van der Waals surface area (Å²) in [6.07, 6.45) is -0.703. The van der Waals surface area contributed by atoms with Crippen LogP contribution in [-0.2, 0) is 33.9 Å². The van der Waals surface area contributed by atoms with E-state index in [-0.39, 0.29) is 10.8 Å². The highest BCUT2D eigenvalue weighted by molar-refractivity contribution is 7.80. The Labute approximate surface area is 320 Å². The molecule has 55 heavy (non-hydrogen) atoms. The molecule has 0 aliphatic carbocycles. The van der Waals surface area contributed by atoms with Crippen LogP contribution < -0.4 is 31.7 Å². The number of oxime groups is 1. The number of benzene rings is 1. The Kier molecular flexibility index (Phi) is 12.3. The number of rotatable bonds is 20. The number of pyridine rings is 1. The van der Waals surface area contributed by atoms with Crippen molar-refractivity contribution in [2.45, 2.75) is 38.0 Å². The number of carbonyl (C=O) groups excluding carboxylic acids is 2. The minimum absolute atomic E-state index is 0.0617. The highest BCUT2D eigenvalue weighted by Crippen LogP contribution is 2.33. The minimum Gasteiger partial charge on any atom is -0.489 e. The molecule has 22 heteroatoms. The van der Waals surface area contributed by atoms with E-state index in [1.165, 1.54) is 19.2 Å². The molecule has 8 N–H and O–H groups in total. The third-order valence-corrected chi connectivity index (χ3v) is 10.4. The van der Waals surface area contributed by atoms with Crippen LogP contribution in [0.25, 0.3) is 10.9 Å². The van der Waals surface area contributed by atoms with Crippen molar-refractivity contribution < 1.29 is 46.3 Å². The zero-order chi connectivity index (χ0) is 39.3. The lowest BCUT2D eigenvalue weighted by atomic mass is 9.84. The number of nitrogen functional groups attached to an aromatic ring is 1. The van der Waals surface area contributed by atoms with E-state index in [9.17, 15) is 27.9 Å². The van der Waals surface area contributed by atoms with Crippen molar-refractivity contribution in [3.8, 4) is 5.75 Å². The van der Waals surface area contributed by atoms with Gasteiger partial charge >= 0.3 is 16.4 Å². The van der Waals surface area contributed by atoms with E-state index in [1.54, 1.807) is 18.2 Å². The van der Waals surface area contributed by atoms with E-state index >= 15 is 0 Å². The molecular weight excluding hydrogens is 761 g/mol. The number of carbonyl (C=O) groups is 3. The summed E-state index contributed by atoms with van der Waals surface area (Å²) < 4.78 is 41.3. The number of carboxylic acid groups (broad SMARTS) is 1. The lowest BCUT2D eigenvalue weighted by Gasteiger charge is -2.50. The molecule has 2 atom stereocenters. The number of fused-ring (bicyclic) bond motifs is 1. The predicted molar refractivity (Wildman–Crippen MR) is 201 cm³/mol. The molecule has 0 unspecified atom stereocenters. The van der Waals surface area contributed by atoms with E-state index < -0.39 is 58.2 Å². The molecule has 20 nitrogen and oxygen atoms in total. The molecule has 3 fully saturated rings. The van der Waals surface area contributed by atoms with E-state index in [4.69, 9.17) is 24.8 Å². The van der Waals surface area contributed by atoms with Crippen molar-refractivity contribution in [3.05, 3.63) is 41.4 Å². The zero-order valence-corrected chi connectivity index (χ0v) is 31.8. The second-order valence-electron chi connectivity index (χ2n) is 14.1. The molecule has 3 aliphatic rings. The molecule has 3 saturated heterocycles. The lowest BCUT2D eigenvalue weighted by Crippen LogP contribution is -2.76. The maximum atomic E-state index is 13.3. The smallest absolute Gasteiger partial charge is 0.418 e. The first kappa shape index (κ1) is 40.0. The fourth-order valence-electron chi connectivity index (χ4n) is 6.21. The molecule has 2 amide bonds. The molecule has 0 radical (unpaired) electrons. The van der Waals surface area contributed by atoms with E-state index in [1.807, 2.05) is 12.1 Å². The van der Waals surface area contributed by atoms with Gasteiger partial charge in [-0.3, -0.25) is 14.1 Å². The summed E-state index contributed by atoms with van der Waals surface area (Å²) in [6.45, 7) is 10.6. The van der Waals surface area contributed by atoms with Crippen molar-refractivity contribution >= 4 is 67.1 Å². The molecule has 5 heterocycles. The Balaban J connectivity index is 1.03. The van der Waals surface area contributed by atoms with Gasteiger partial charge in [-0.15, -0.1) is 15.6 Å². The summed E-state index contributed by atoms with van der Waals surface area (Å²) in [6, 6.07) is 7.54. The van der Waals surface area contributed by atoms with Gasteiger partial charge in [0.2, 0.25) is 0 Å². The quantitative estimate of drug-likeness (QED) is 0.0258. The summed E-state index contributed by atoms with van der Waals surface area (Å²) >= 11 is 0.965. The fraction of sp³-hybridized carbons (Fsp3) is 0.515. The van der Waals surface area contributed by atoms with Gasteiger partial charge in [-0.1, -0.05) is 5.16 Å². The summed E-state index contributed by atoms with van der Waals surface area (Å²) in [4.78, 5) is 54.5. The summed E-state index contributed by atoms with van der Waals surface area (Å²) in [7, 11) is -5.02. The first-order valence-corrected chi connectivity index (χ1v) is 19.8. The number of hydroxylamine groups is 2. The Bertz CT molecular complexity index is 2010. The monoisotopic (exact) mass is 804 g/mol. The van der Waals surface area contributed by atoms with Gasteiger partial charge in [0.25, 0.3) is 17.9 Å². The van der Waals surface area contributed by atoms with Crippen LogP contribution in [0.1, 0.15) is 26.0 Å². The van der Waals surface area contributed by atoms with E-state index in [2.05, 4.69) is 40.6 Å². The Morgan fingerprint density at radius 2 is 1.85 bits per heavy atom. The van der Waals surface area contributed by atoms with Crippen LogP contribution in [0.2, 0.25) is 0 Å². The van der Waals surface area contributed by atoms with Gasteiger partial charge in [0, 0.05) is 56.6 Å². The van der Waals surface area contributed by atoms with Gasteiger partial charge in [-0.25, -0.2) is 14.8 Å². The minimum atomic E-state index is -5.02. The van der Waals surface area contributed by atoms with Gasteiger partial charge in [-0.2, -0.15) is 13.5 Å². The van der Waals surface area contributed by atoms with E-state index in [0.29, 0.717) is 16.3 Å². The van der Waals surface area contributed by atoms with Crippen molar-refractivity contribution in [1.29, 1.82) is 0 Å². The Morgan fingerprint density at radius 1 is 1.15 bits per heavy atom. The first-order valence-electron chi connectivity index (χ1n) is 17.6. The van der Waals surface area contributed by atoms with Crippen LogP contribution in [0.5, 0.6) is 5.75 Å². The normalized spacial score (nSPS) is 19.3. The van der Waals surface area contributed by atoms with Crippen LogP contribution >= 0.6 is 11.3 Å². The third kappa shape index (κ3) is 10.1. The molecule has 0 bridgehead atoms. The number of hydrogen-bond donors (Lipinski definition) is 7. The number of amides is 2. The maximum Gasteiger partial charge on any atom is 0.418 e. The molecule has 6 rings (SSSR count). The molecule has 3 aliphatic heterocycles. The summed E-state index contributed by atoms with van der Waals surface area (Å²) in [5.41, 5.74) is 4.41. The van der Waals surface area contributed by atoms with Crippen molar-refractivity contribution in [1.82, 2.24) is 35.9 Å². The number of β-lactam (4-membered cyclic amide) rings is 1. The Morgan fingerprint density at radius 3 is 2.44 bits per heavy atom. The van der Waals surface area contributed by atoms with Gasteiger partial charge in [0.15, 0.2) is 10.8 Å². The Hall–Kier alpha value is -4.71. The lowest BCUT2D eigenvalue weighted by molar-refractivity contribution is -0.218. The van der Waals surface area contributed by atoms with Crippen LogP contribution in [0, 0.1) is 11.8 Å². The maximum absolute atomic E-state index is 13.3. The number of nitrogens with two attached hydrogens (primary N) is 1. The highest BCUT2D eigenvalue weighted by Gasteiger charge is 2.58. The standard InChI is InChI=1S/C33H44N10O10S2/c1-33(2)28(30(45)43(33)53-55(48,49)50)40-29(44)27(24-18-54-32(34)39-24)41-52-25(31(46)47)17-51-22-5-6-23-21(10-22)4-7-26(38-23)37-8-3-9-42(15-19-11-35-12-19)16-20-13-36-14-20/h4-7,10,18-20,25,28,35-36H,3,8-9,11-17H2,1-2H3,(H2,34,39)(H,37,38)(H,40,44)(H,46,47)(H,48,49,50)/b41-27-/t25-,28+/m0/s1. The van der Waals surface area contributed by atoms with Gasteiger partial charge in [0.05, 0.1) is 11.1 Å². The number of hydrogen-bond acceptors (Lipinski definition) is 17. The third-order valence-electron chi connectivity index (χ3n) is 9.43. The number of ether oxygens (including phenoxy) is 1. The average Bonchev–Trinajstić information content (AvgIpc) is 3.53. The van der Waals surface area contributed by atoms with Crippen LogP contribution in [0.4, 0.5) is 10.9 Å². The second-order valence-corrected chi connectivity index (χ2v) is 16.0. The number of nitrogens with zero attached hydrogens (tertiary/aromatic N) is 5. The number of aromatic nitrogens is 2. The second kappa shape index (κ2) is 17.0. The van der Waals surface area contributed by atoms with Crippen LogP contribution in [0.15, 0.2) is 40.9 Å². The van der Waals surface area contributed by atoms with Crippen molar-refractivity contribution in [2.75, 3.05) is 70.0 Å². The number of aliphatic carboxylic acids is 1. The summed E-state index contributed by atoms with van der Waals surface area (Å²) in [5, 5.41) is 28.7. The molecule has 0 saturated carbocycles. The molecule has 298 valence electrons. The molecule has 0 spiro atoms. The van der Waals surface area contributed by atoms with Crippen LogP contribution in [-0.4, -0.2) is 138 Å². The highest BCUT2D eigenvalue weighted by atomic mass is 32.3. The predicted octanol–water partition coefficient (Wildman–Crippen LogP) is -0.0908. The molecular formula is C33H44N10O10S2. The SMILES string of the molecule is CC1(C)[C@H](NC(=O)/C(=N\O[C@@H](COc2ccc3nc(NCCCN(CC4CNC4)CC4CNC4)ccc3c2)C(=O)O)c2csc(N)n2)C(=O)N1OS(=O)(=O)O. The van der Waals surface area contributed by atoms with Crippen molar-refractivity contribution in [2.24, 2.45) is 17.0 Å². The molecule has 1 aromatic carbocycles. The van der Waals surface area contributed by atoms with E-state index in [0.717, 1.165) is 93.2 Å². The zero-order valence-electron chi connectivity index (χ0n) is 30.1. The molecule has 2 aromatic heterocycles. The first-order chi connectivity index (χ1) is 26.2. The topological polar surface area (TPSA) is 272 Å². The number of anilines is 2. The van der Waals surface area contributed by atoms with Crippen molar-refractivity contribution in [3.63, 3.8) is 0 Å². The number of carboxylic acids is 1. The molecule has 3 aromatic rings. The van der Waals surface area contributed by atoms with Gasteiger partial charge in [0.1, 0.15) is 29.9 Å². The van der Waals surface area contributed by atoms with Crippen LogP contribution in [0.3, 0.4) is 0 Å². The largest absolute Gasteiger partial charge is 0.489 e. The number of nitrogens with one attached hydrogen (secondary N) is 4. The fourth-order valence-corrected chi connectivity index (χ4v) is 7.21.